The first-order valence-electron chi connectivity index (χ1n) is 7.61. The molecule has 1 aromatic heterocycles. The van der Waals surface area contributed by atoms with Crippen LogP contribution in [0.15, 0.2) is 30.3 Å². The molecule has 0 aliphatic carbocycles. The highest BCUT2D eigenvalue weighted by molar-refractivity contribution is 5.53. The Hall–Kier alpha value is -2.73. The topological polar surface area (TPSA) is 57.9 Å². The maximum atomic E-state index is 13.5. The molecule has 1 saturated heterocycles. The number of nitriles is 1. The fraction of sp³-hybridized carbons (Fsp3) is 0.294. The Morgan fingerprint density at radius 3 is 2.58 bits per heavy atom. The van der Waals surface area contributed by atoms with E-state index in [1.165, 1.54) is 6.07 Å². The molecule has 2 aromatic rings. The van der Waals surface area contributed by atoms with Crippen molar-refractivity contribution in [2.24, 2.45) is 0 Å². The Kier molecular flexibility index (Phi) is 4.78. The van der Waals surface area contributed by atoms with Gasteiger partial charge in [0.2, 0.25) is 0 Å². The van der Waals surface area contributed by atoms with Gasteiger partial charge in [0.25, 0.3) is 0 Å². The van der Waals surface area contributed by atoms with E-state index in [0.717, 1.165) is 24.3 Å². The first kappa shape index (κ1) is 18.1. The third-order valence-electron chi connectivity index (χ3n) is 3.99. The minimum atomic E-state index is -4.66. The zero-order valence-electron chi connectivity index (χ0n) is 13.1. The summed E-state index contributed by atoms with van der Waals surface area (Å²) in [6.45, 7) is 0.266. The third-order valence-corrected chi connectivity index (χ3v) is 3.99. The van der Waals surface area contributed by atoms with Crippen molar-refractivity contribution in [2.75, 3.05) is 11.9 Å². The smallest absolute Gasteiger partial charge is 0.371 e. The minimum Gasteiger partial charge on any atom is -0.371 e. The van der Waals surface area contributed by atoms with Crippen molar-refractivity contribution in [3.8, 4) is 6.07 Å². The molecule has 9 heteroatoms. The van der Waals surface area contributed by atoms with E-state index >= 15 is 0 Å². The molecule has 2 unspecified atom stereocenters. The van der Waals surface area contributed by atoms with E-state index in [-0.39, 0.29) is 18.0 Å². The molecule has 2 atom stereocenters. The molecule has 26 heavy (non-hydrogen) atoms. The van der Waals surface area contributed by atoms with Crippen LogP contribution in [0.25, 0.3) is 0 Å². The van der Waals surface area contributed by atoms with Gasteiger partial charge in [0.1, 0.15) is 23.7 Å². The number of rotatable bonds is 3. The fourth-order valence-corrected chi connectivity index (χ4v) is 2.75. The zero-order valence-corrected chi connectivity index (χ0v) is 13.1. The molecule has 0 radical (unpaired) electrons. The molecule has 0 saturated carbocycles. The number of alkyl halides is 3. The second-order valence-electron chi connectivity index (χ2n) is 5.71. The molecule has 4 nitrogen and oxygen atoms in total. The van der Waals surface area contributed by atoms with E-state index < -0.39 is 35.7 Å². The molecule has 1 aliphatic rings. The van der Waals surface area contributed by atoms with Crippen LogP contribution >= 0.6 is 0 Å². The summed E-state index contributed by atoms with van der Waals surface area (Å²) in [4.78, 5) is 3.49. The number of halogens is 5. The summed E-state index contributed by atoms with van der Waals surface area (Å²) in [5, 5.41) is 11.9. The molecule has 1 aliphatic heterocycles. The Labute approximate surface area is 145 Å². The lowest BCUT2D eigenvalue weighted by molar-refractivity contribution is -0.141. The van der Waals surface area contributed by atoms with Crippen LogP contribution in [0.3, 0.4) is 0 Å². The lowest BCUT2D eigenvalue weighted by Gasteiger charge is -2.22. The van der Waals surface area contributed by atoms with Crippen molar-refractivity contribution in [2.45, 2.75) is 24.7 Å². The average molecular weight is 369 g/mol. The second-order valence-corrected chi connectivity index (χ2v) is 5.71. The summed E-state index contributed by atoms with van der Waals surface area (Å²) in [6, 6.07) is 6.25. The quantitative estimate of drug-likeness (QED) is 0.825. The van der Waals surface area contributed by atoms with E-state index in [0.29, 0.717) is 12.0 Å². The van der Waals surface area contributed by atoms with Gasteiger partial charge < -0.3 is 10.1 Å². The summed E-state index contributed by atoms with van der Waals surface area (Å²) in [5.74, 6) is -2.29. The van der Waals surface area contributed by atoms with E-state index in [4.69, 9.17) is 10.00 Å². The lowest BCUT2D eigenvalue weighted by atomic mass is 10.0. The monoisotopic (exact) mass is 369 g/mol. The number of benzene rings is 1. The van der Waals surface area contributed by atoms with Gasteiger partial charge >= 0.3 is 6.18 Å². The van der Waals surface area contributed by atoms with E-state index in [1.807, 2.05) is 0 Å². The minimum absolute atomic E-state index is 0.0612. The molecule has 1 aromatic carbocycles. The molecule has 3 rings (SSSR count). The summed E-state index contributed by atoms with van der Waals surface area (Å²) in [5.41, 5.74) is -0.861. The number of hydrogen-bond acceptors (Lipinski definition) is 4. The summed E-state index contributed by atoms with van der Waals surface area (Å²) in [7, 11) is 0. The van der Waals surface area contributed by atoms with Crippen LogP contribution < -0.4 is 5.32 Å². The number of ether oxygens (including phenoxy) is 1. The number of hydrogen-bond donors (Lipinski definition) is 1. The van der Waals surface area contributed by atoms with Crippen LogP contribution in [0, 0.1) is 23.0 Å². The number of aromatic nitrogens is 1. The predicted molar refractivity (Wildman–Crippen MR) is 81.0 cm³/mol. The Bertz CT molecular complexity index is 862. The van der Waals surface area contributed by atoms with Crippen LogP contribution in [0.5, 0.6) is 0 Å². The Balaban J connectivity index is 1.90. The number of nitrogens with zero attached hydrogens (tertiary/aromatic N) is 2. The number of anilines is 1. The molecule has 0 bridgehead atoms. The largest absolute Gasteiger partial charge is 0.433 e. The Morgan fingerprint density at radius 1 is 1.15 bits per heavy atom. The molecule has 1 N–H and O–H groups in total. The maximum absolute atomic E-state index is 13.5. The van der Waals surface area contributed by atoms with Gasteiger partial charge in [-0.3, -0.25) is 0 Å². The van der Waals surface area contributed by atoms with Crippen LogP contribution in [0.1, 0.15) is 29.3 Å². The van der Waals surface area contributed by atoms with Gasteiger partial charge in [-0.1, -0.05) is 6.07 Å². The molecule has 2 heterocycles. The normalized spacial score (nSPS) is 20.0. The SMILES string of the molecule is N#Cc1ccc(C(F)(F)F)nc1NC1CCOC1c1ccc(F)c(F)c1. The lowest BCUT2D eigenvalue weighted by Crippen LogP contribution is -2.25. The van der Waals surface area contributed by atoms with E-state index in [9.17, 15) is 22.0 Å². The first-order valence-corrected chi connectivity index (χ1v) is 7.61. The molecule has 0 amide bonds. The second kappa shape index (κ2) is 6.88. The number of nitrogens with one attached hydrogen (secondary N) is 1. The van der Waals surface area contributed by atoms with Crippen LogP contribution in [0.2, 0.25) is 0 Å². The van der Waals surface area contributed by atoms with Gasteiger partial charge in [0.05, 0.1) is 11.6 Å². The third kappa shape index (κ3) is 3.60. The van der Waals surface area contributed by atoms with Gasteiger partial charge in [0, 0.05) is 6.61 Å². The van der Waals surface area contributed by atoms with Crippen molar-refractivity contribution < 1.29 is 26.7 Å². The van der Waals surface area contributed by atoms with Crippen molar-refractivity contribution in [3.63, 3.8) is 0 Å². The van der Waals surface area contributed by atoms with Crippen LogP contribution in [-0.4, -0.2) is 17.6 Å². The molecular weight excluding hydrogens is 357 g/mol. The molecule has 1 fully saturated rings. The Morgan fingerprint density at radius 2 is 1.92 bits per heavy atom. The van der Waals surface area contributed by atoms with E-state index in [1.54, 1.807) is 6.07 Å². The summed E-state index contributed by atoms with van der Waals surface area (Å²) >= 11 is 0. The van der Waals surface area contributed by atoms with Gasteiger partial charge in [-0.25, -0.2) is 13.8 Å². The van der Waals surface area contributed by atoms with Gasteiger partial charge in [-0.05, 0) is 36.2 Å². The van der Waals surface area contributed by atoms with Gasteiger partial charge in [-0.2, -0.15) is 18.4 Å². The van der Waals surface area contributed by atoms with Crippen LogP contribution in [-0.2, 0) is 10.9 Å². The fourth-order valence-electron chi connectivity index (χ4n) is 2.75. The van der Waals surface area contributed by atoms with Crippen molar-refractivity contribution in [3.05, 3.63) is 58.8 Å². The van der Waals surface area contributed by atoms with Crippen LogP contribution in [0.4, 0.5) is 27.8 Å². The molecular formula is C17H12F5N3O. The summed E-state index contributed by atoms with van der Waals surface area (Å²) < 4.78 is 70.7. The van der Waals surface area contributed by atoms with Crippen molar-refractivity contribution in [1.29, 1.82) is 5.26 Å². The summed E-state index contributed by atoms with van der Waals surface area (Å²) in [6.07, 6.45) is -4.98. The van der Waals surface area contributed by atoms with Crippen molar-refractivity contribution >= 4 is 5.82 Å². The highest BCUT2D eigenvalue weighted by Crippen LogP contribution is 2.34. The highest BCUT2D eigenvalue weighted by atomic mass is 19.4. The van der Waals surface area contributed by atoms with Gasteiger partial charge in [-0.15, -0.1) is 0 Å². The average Bonchev–Trinajstić information content (AvgIpc) is 3.04. The van der Waals surface area contributed by atoms with E-state index in [2.05, 4.69) is 10.3 Å². The standard InChI is InChI=1S/C17H12F5N3O/c18-11-3-1-9(7-12(11)19)15-13(5-6-26-15)24-16-10(8-23)2-4-14(25-16)17(20,21)22/h1-4,7,13,15H,5-6H2,(H,24,25). The maximum Gasteiger partial charge on any atom is 0.433 e. The predicted octanol–water partition coefficient (Wildman–Crippen LogP) is 4.19. The van der Waals surface area contributed by atoms with Crippen molar-refractivity contribution in [1.82, 2.24) is 4.98 Å². The van der Waals surface area contributed by atoms with Gasteiger partial charge in [0.15, 0.2) is 11.6 Å². The molecule has 0 spiro atoms. The highest BCUT2D eigenvalue weighted by Gasteiger charge is 2.35. The number of pyridine rings is 1. The zero-order chi connectivity index (χ0) is 18.9. The molecule has 136 valence electrons. The first-order chi connectivity index (χ1) is 12.3.